The van der Waals surface area contributed by atoms with Crippen molar-refractivity contribution in [2.45, 2.75) is 19.6 Å². The van der Waals surface area contributed by atoms with Crippen molar-refractivity contribution in [1.29, 1.82) is 0 Å². The van der Waals surface area contributed by atoms with Crippen molar-refractivity contribution in [1.82, 2.24) is 0 Å². The van der Waals surface area contributed by atoms with E-state index in [1.54, 1.807) is 6.26 Å². The van der Waals surface area contributed by atoms with Gasteiger partial charge < -0.3 is 4.43 Å². The fourth-order valence-electron chi connectivity index (χ4n) is 1.45. The molecule has 0 spiro atoms. The number of hydrogen-bond donors (Lipinski definition) is 0. The first kappa shape index (κ1) is 10.2. The zero-order valence-electron chi connectivity index (χ0n) is 9.28. The van der Waals surface area contributed by atoms with Crippen LogP contribution in [0.5, 0.6) is 5.75 Å². The second kappa shape index (κ2) is 3.66. The molecule has 0 saturated carbocycles. The SMILES string of the molecule is C[Si](C)(C)Oc1cc[o+]c2ccccc12. The number of rotatable bonds is 2. The molecule has 78 valence electrons. The van der Waals surface area contributed by atoms with Gasteiger partial charge in [0, 0.05) is 6.07 Å². The summed E-state index contributed by atoms with van der Waals surface area (Å²) >= 11 is 0. The van der Waals surface area contributed by atoms with Crippen LogP contribution in [0, 0.1) is 0 Å². The van der Waals surface area contributed by atoms with E-state index >= 15 is 0 Å². The van der Waals surface area contributed by atoms with Crippen molar-refractivity contribution < 1.29 is 8.84 Å². The zero-order chi connectivity index (χ0) is 10.9. The van der Waals surface area contributed by atoms with Gasteiger partial charge in [-0.1, -0.05) is 12.1 Å². The average Bonchev–Trinajstić information content (AvgIpc) is 2.16. The minimum atomic E-state index is -1.56. The molecule has 1 aromatic carbocycles. The molecular weight excluding hydrogens is 204 g/mol. The molecule has 0 amide bonds. The van der Waals surface area contributed by atoms with E-state index in [0.29, 0.717) is 0 Å². The fraction of sp³-hybridized carbons (Fsp3) is 0.250. The van der Waals surface area contributed by atoms with E-state index in [1.807, 2.05) is 30.3 Å². The van der Waals surface area contributed by atoms with Crippen LogP contribution in [-0.4, -0.2) is 8.32 Å². The maximum atomic E-state index is 5.99. The summed E-state index contributed by atoms with van der Waals surface area (Å²) in [7, 11) is -1.56. The summed E-state index contributed by atoms with van der Waals surface area (Å²) in [6, 6.07) is 9.82. The third-order valence-corrected chi connectivity index (χ3v) is 2.82. The Labute approximate surface area is 90.6 Å². The minimum absolute atomic E-state index is 0.869. The molecule has 0 aliphatic heterocycles. The van der Waals surface area contributed by atoms with Gasteiger partial charge in [-0.3, -0.25) is 0 Å². The lowest BCUT2D eigenvalue weighted by Crippen LogP contribution is -2.29. The normalized spacial score (nSPS) is 11.7. The first-order chi connectivity index (χ1) is 7.06. The molecule has 2 rings (SSSR count). The van der Waals surface area contributed by atoms with Crippen LogP contribution in [0.25, 0.3) is 11.0 Å². The number of para-hydroxylation sites is 1. The van der Waals surface area contributed by atoms with Crippen LogP contribution in [0.1, 0.15) is 0 Å². The summed E-state index contributed by atoms with van der Waals surface area (Å²) < 4.78 is 11.4. The molecule has 0 bridgehead atoms. The standard InChI is InChI=1S/C12H15O2Si/c1-15(2,3)14-12-8-9-13-11-7-5-4-6-10(11)12/h4-9H,1-3H3/q+1. The van der Waals surface area contributed by atoms with Crippen molar-refractivity contribution in [2.75, 3.05) is 0 Å². The highest BCUT2D eigenvalue weighted by molar-refractivity contribution is 6.70. The Balaban J connectivity index is 2.52. The molecule has 0 radical (unpaired) electrons. The van der Waals surface area contributed by atoms with Crippen molar-refractivity contribution in [3.63, 3.8) is 0 Å². The van der Waals surface area contributed by atoms with Crippen LogP contribution in [-0.2, 0) is 0 Å². The van der Waals surface area contributed by atoms with Gasteiger partial charge in [0.05, 0.1) is 6.07 Å². The lowest BCUT2D eigenvalue weighted by molar-refractivity contribution is 0.545. The summed E-state index contributed by atoms with van der Waals surface area (Å²) in [6.07, 6.45) is 1.68. The summed E-state index contributed by atoms with van der Waals surface area (Å²) in [5.74, 6) is 0.927. The van der Waals surface area contributed by atoms with E-state index in [2.05, 4.69) is 19.6 Å². The zero-order valence-corrected chi connectivity index (χ0v) is 10.3. The topological polar surface area (TPSA) is 20.5 Å². The first-order valence-electron chi connectivity index (χ1n) is 5.05. The molecule has 0 saturated heterocycles. The largest absolute Gasteiger partial charge is 0.543 e. The Morgan fingerprint density at radius 3 is 2.53 bits per heavy atom. The molecule has 1 heterocycles. The van der Waals surface area contributed by atoms with Gasteiger partial charge in [0.25, 0.3) is 0 Å². The van der Waals surface area contributed by atoms with Gasteiger partial charge in [0.15, 0.2) is 0 Å². The van der Waals surface area contributed by atoms with Crippen LogP contribution in [0.15, 0.2) is 41.0 Å². The van der Waals surface area contributed by atoms with Gasteiger partial charge in [-0.05, 0) is 25.7 Å². The molecule has 0 unspecified atom stereocenters. The molecule has 15 heavy (non-hydrogen) atoms. The summed E-state index contributed by atoms with van der Waals surface area (Å²) in [5, 5.41) is 1.04. The van der Waals surface area contributed by atoms with E-state index in [-0.39, 0.29) is 0 Å². The van der Waals surface area contributed by atoms with Gasteiger partial charge >= 0.3 is 11.8 Å². The monoisotopic (exact) mass is 219 g/mol. The smallest absolute Gasteiger partial charge is 0.363 e. The van der Waals surface area contributed by atoms with Gasteiger partial charge in [0.2, 0.25) is 8.32 Å². The van der Waals surface area contributed by atoms with Crippen LogP contribution in [0.3, 0.4) is 0 Å². The molecule has 2 nitrogen and oxygen atoms in total. The summed E-state index contributed by atoms with van der Waals surface area (Å²) in [6.45, 7) is 6.52. The van der Waals surface area contributed by atoms with E-state index in [4.69, 9.17) is 8.84 Å². The van der Waals surface area contributed by atoms with Gasteiger partial charge in [-0.2, -0.15) is 0 Å². The van der Waals surface area contributed by atoms with E-state index in [0.717, 1.165) is 16.7 Å². The highest BCUT2D eigenvalue weighted by Gasteiger charge is 2.19. The quantitative estimate of drug-likeness (QED) is 0.563. The van der Waals surface area contributed by atoms with Crippen LogP contribution in [0.2, 0.25) is 19.6 Å². The number of benzene rings is 1. The van der Waals surface area contributed by atoms with Gasteiger partial charge in [-0.25, -0.2) is 4.42 Å². The Hall–Kier alpha value is -1.35. The van der Waals surface area contributed by atoms with Gasteiger partial charge in [-0.15, -0.1) is 0 Å². The molecule has 1 aromatic heterocycles. The van der Waals surface area contributed by atoms with E-state index < -0.39 is 8.32 Å². The maximum Gasteiger partial charge on any atom is 0.363 e. The predicted octanol–water partition coefficient (Wildman–Crippen LogP) is 3.93. The van der Waals surface area contributed by atoms with Crippen LogP contribution >= 0.6 is 0 Å². The molecule has 0 N–H and O–H groups in total. The minimum Gasteiger partial charge on any atom is -0.543 e. The lowest BCUT2D eigenvalue weighted by Gasteiger charge is -2.18. The van der Waals surface area contributed by atoms with Crippen molar-refractivity contribution in [3.8, 4) is 5.75 Å². The third-order valence-electron chi connectivity index (χ3n) is 1.98. The second-order valence-corrected chi connectivity index (χ2v) is 8.92. The molecule has 0 fully saturated rings. The van der Waals surface area contributed by atoms with Crippen LogP contribution < -0.4 is 4.43 Å². The highest BCUT2D eigenvalue weighted by atomic mass is 28.4. The lowest BCUT2D eigenvalue weighted by atomic mass is 10.2. The van der Waals surface area contributed by atoms with E-state index in [1.165, 1.54) is 0 Å². The van der Waals surface area contributed by atoms with Crippen molar-refractivity contribution >= 4 is 19.3 Å². The second-order valence-electron chi connectivity index (χ2n) is 4.50. The Bertz CT molecular complexity index is 469. The van der Waals surface area contributed by atoms with Crippen molar-refractivity contribution in [2.24, 2.45) is 0 Å². The summed E-state index contributed by atoms with van der Waals surface area (Å²) in [5.41, 5.74) is 0.869. The Kier molecular flexibility index (Phi) is 2.48. The fourth-order valence-corrected chi connectivity index (χ4v) is 2.29. The Morgan fingerprint density at radius 2 is 1.80 bits per heavy atom. The molecule has 2 aromatic rings. The highest BCUT2D eigenvalue weighted by Crippen LogP contribution is 2.27. The van der Waals surface area contributed by atoms with E-state index in [9.17, 15) is 0 Å². The Morgan fingerprint density at radius 1 is 1.07 bits per heavy atom. The van der Waals surface area contributed by atoms with Crippen molar-refractivity contribution in [3.05, 3.63) is 36.6 Å². The number of fused-ring (bicyclic) bond motifs is 1. The number of hydrogen-bond acceptors (Lipinski definition) is 1. The van der Waals surface area contributed by atoms with Gasteiger partial charge in [0.1, 0.15) is 11.1 Å². The molecular formula is C12H15O2Si+. The third kappa shape index (κ3) is 2.36. The first-order valence-corrected chi connectivity index (χ1v) is 8.46. The molecule has 3 heteroatoms. The van der Waals surface area contributed by atoms with Crippen LogP contribution in [0.4, 0.5) is 0 Å². The predicted molar refractivity (Wildman–Crippen MR) is 64.6 cm³/mol. The summed E-state index contributed by atoms with van der Waals surface area (Å²) in [4.78, 5) is 0. The maximum absolute atomic E-state index is 5.99. The molecule has 0 aliphatic rings. The molecule has 0 atom stereocenters. The molecule has 0 aliphatic carbocycles. The average molecular weight is 219 g/mol.